The number of aliphatic hydroxyl groups excluding tert-OH is 1. The number of benzene rings is 2. The standard InChI is InChI=1S/C54H75F3O10/c1-5-6-7-8-9-10-11-12-13-17-28-63-44-24-21-38(33-58)29-45(44)64-35-49(61)66-46-31-39-30-40(59)26-27-52(39,3)43-32-47(67-51(62)54(55,56)57)53(4)41(22-23-42(53)50(43)46)36(2)20-25-48(60)65-34-37-18-15-14-16-19-37/h14-16,18-19,21,24,29,33,36,39-43,46-47,50,59H,5-13,17,20,22-23,25-28,30-32,34-35H2,1-4H3/t36-,39+,40-,41-,42+,43+,46-,47+,50+,52+,53-/m1/s1. The summed E-state index contributed by atoms with van der Waals surface area (Å²) in [6.45, 7) is 8.41. The highest BCUT2D eigenvalue weighted by atomic mass is 19.4. The summed E-state index contributed by atoms with van der Waals surface area (Å²) in [6, 6.07) is 14.2. The fourth-order valence-electron chi connectivity index (χ4n) is 12.9. The summed E-state index contributed by atoms with van der Waals surface area (Å²) in [5.41, 5.74) is -0.144. The van der Waals surface area contributed by atoms with Gasteiger partial charge in [0.1, 0.15) is 25.1 Å². The van der Waals surface area contributed by atoms with Crippen molar-refractivity contribution in [3.8, 4) is 11.5 Å². The molecule has 372 valence electrons. The predicted octanol–water partition coefficient (Wildman–Crippen LogP) is 12.0. The van der Waals surface area contributed by atoms with Crippen LogP contribution >= 0.6 is 0 Å². The quantitative estimate of drug-likeness (QED) is 0.0469. The van der Waals surface area contributed by atoms with E-state index >= 15 is 0 Å². The highest BCUT2D eigenvalue weighted by Crippen LogP contribution is 2.69. The first-order chi connectivity index (χ1) is 32.1. The van der Waals surface area contributed by atoms with Crippen LogP contribution in [0.3, 0.4) is 0 Å². The van der Waals surface area contributed by atoms with Crippen LogP contribution in [0.4, 0.5) is 13.2 Å². The maximum Gasteiger partial charge on any atom is 0.490 e. The smallest absolute Gasteiger partial charge is 0.490 e. The van der Waals surface area contributed by atoms with Gasteiger partial charge < -0.3 is 28.8 Å². The van der Waals surface area contributed by atoms with Crippen molar-refractivity contribution in [2.75, 3.05) is 13.2 Å². The Morgan fingerprint density at radius 1 is 0.821 bits per heavy atom. The van der Waals surface area contributed by atoms with Gasteiger partial charge in [0.25, 0.3) is 0 Å². The molecule has 2 aromatic rings. The maximum atomic E-state index is 14.0. The molecular weight excluding hydrogens is 866 g/mol. The number of alkyl halides is 3. The van der Waals surface area contributed by atoms with E-state index in [0.717, 1.165) is 24.8 Å². The lowest BCUT2D eigenvalue weighted by molar-refractivity contribution is -0.242. The first kappa shape index (κ1) is 52.2. The van der Waals surface area contributed by atoms with Gasteiger partial charge in [0.2, 0.25) is 0 Å². The molecule has 4 saturated carbocycles. The van der Waals surface area contributed by atoms with Crippen LogP contribution in [0.2, 0.25) is 0 Å². The Labute approximate surface area is 395 Å². The van der Waals surface area contributed by atoms with E-state index in [-0.39, 0.29) is 66.7 Å². The molecule has 4 fully saturated rings. The number of aliphatic hydroxyl groups is 1. The van der Waals surface area contributed by atoms with Gasteiger partial charge in [-0.1, -0.05) is 116 Å². The van der Waals surface area contributed by atoms with Crippen molar-refractivity contribution in [2.45, 2.75) is 181 Å². The molecule has 67 heavy (non-hydrogen) atoms. The van der Waals surface area contributed by atoms with Crippen LogP contribution < -0.4 is 9.47 Å². The fourth-order valence-corrected chi connectivity index (χ4v) is 12.9. The van der Waals surface area contributed by atoms with Crippen molar-refractivity contribution in [3.05, 3.63) is 59.7 Å². The van der Waals surface area contributed by atoms with E-state index in [9.17, 15) is 37.5 Å². The second-order valence-corrected chi connectivity index (χ2v) is 20.7. The van der Waals surface area contributed by atoms with E-state index in [4.69, 9.17) is 23.7 Å². The van der Waals surface area contributed by atoms with Crippen LogP contribution in [0.5, 0.6) is 11.5 Å². The second kappa shape index (κ2) is 23.9. The number of aldehydes is 1. The van der Waals surface area contributed by atoms with Crippen LogP contribution in [0, 0.1) is 46.3 Å². The van der Waals surface area contributed by atoms with E-state index in [1.165, 1.54) is 51.0 Å². The summed E-state index contributed by atoms with van der Waals surface area (Å²) in [7, 11) is 0. The Balaban J connectivity index is 1.16. The van der Waals surface area contributed by atoms with Crippen molar-refractivity contribution in [2.24, 2.45) is 46.3 Å². The number of fused-ring (bicyclic) bond motifs is 5. The van der Waals surface area contributed by atoms with Gasteiger partial charge in [0.15, 0.2) is 18.1 Å². The number of ether oxygens (including phenoxy) is 5. The summed E-state index contributed by atoms with van der Waals surface area (Å²) in [6.07, 6.45) is 9.06. The molecule has 13 heteroatoms. The Morgan fingerprint density at radius 2 is 1.52 bits per heavy atom. The van der Waals surface area contributed by atoms with Gasteiger partial charge in [-0.25, -0.2) is 9.59 Å². The Bertz CT molecular complexity index is 1920. The van der Waals surface area contributed by atoms with Crippen molar-refractivity contribution < 1.29 is 61.1 Å². The fraction of sp³-hybridized carbons (Fsp3) is 0.704. The minimum atomic E-state index is -5.19. The van der Waals surface area contributed by atoms with Crippen LogP contribution in [0.15, 0.2) is 48.5 Å². The minimum absolute atomic E-state index is 0.104. The third-order valence-electron chi connectivity index (χ3n) is 16.5. The Hall–Kier alpha value is -4.13. The number of carbonyl (C=O) groups is 4. The van der Waals surface area contributed by atoms with Gasteiger partial charge >= 0.3 is 24.1 Å². The lowest BCUT2D eigenvalue weighted by Gasteiger charge is -2.64. The van der Waals surface area contributed by atoms with Gasteiger partial charge in [-0.15, -0.1) is 0 Å². The molecule has 0 heterocycles. The maximum absolute atomic E-state index is 14.0. The van der Waals surface area contributed by atoms with E-state index in [0.29, 0.717) is 69.2 Å². The zero-order valence-electron chi connectivity index (χ0n) is 40.2. The Kier molecular flexibility index (Phi) is 18.7. The molecule has 0 unspecified atom stereocenters. The third-order valence-corrected chi connectivity index (χ3v) is 16.5. The van der Waals surface area contributed by atoms with E-state index < -0.39 is 53.9 Å². The molecule has 0 aromatic heterocycles. The van der Waals surface area contributed by atoms with Crippen molar-refractivity contribution in [1.82, 2.24) is 0 Å². The van der Waals surface area contributed by atoms with E-state index in [2.05, 4.69) is 13.8 Å². The predicted molar refractivity (Wildman–Crippen MR) is 247 cm³/mol. The first-order valence-electron chi connectivity index (χ1n) is 25.3. The number of carbonyl (C=O) groups excluding carboxylic acids is 4. The number of hydrogen-bond donors (Lipinski definition) is 1. The summed E-state index contributed by atoms with van der Waals surface area (Å²) in [5, 5.41) is 10.9. The van der Waals surface area contributed by atoms with Gasteiger partial charge in [-0.2, -0.15) is 13.2 Å². The van der Waals surface area contributed by atoms with Crippen LogP contribution in [-0.2, 0) is 35.2 Å². The molecule has 6 rings (SSSR count). The largest absolute Gasteiger partial charge is 0.490 e. The molecule has 0 bridgehead atoms. The minimum Gasteiger partial charge on any atom is -0.490 e. The second-order valence-electron chi connectivity index (χ2n) is 20.7. The molecule has 4 aliphatic carbocycles. The molecule has 0 aliphatic heterocycles. The van der Waals surface area contributed by atoms with E-state index in [1.54, 1.807) is 12.1 Å². The summed E-state index contributed by atoms with van der Waals surface area (Å²) in [5.74, 6) is -3.87. The SMILES string of the molecule is CCCCCCCCCCCCOc1ccc(C=O)cc1OCC(=O)O[C@@H]1C[C@@H]2C[C@H](O)CC[C@]2(C)[C@H]2C[C@H](OC(=O)C(F)(F)F)[C@]3(C)[C@@H]([C@H](C)CCC(=O)OCc4ccccc4)CC[C@H]3[C@H]12. The van der Waals surface area contributed by atoms with Crippen molar-refractivity contribution >= 4 is 24.2 Å². The molecule has 10 nitrogen and oxygen atoms in total. The third kappa shape index (κ3) is 13.1. The topological polar surface area (TPSA) is 135 Å². The van der Waals surface area contributed by atoms with Gasteiger partial charge in [-0.05, 0) is 117 Å². The van der Waals surface area contributed by atoms with Gasteiger partial charge in [0.05, 0.1) is 12.7 Å². The monoisotopic (exact) mass is 941 g/mol. The molecule has 0 amide bonds. The normalized spacial score (nSPS) is 29.4. The molecule has 1 N–H and O–H groups in total. The molecule has 4 aliphatic rings. The first-order valence-corrected chi connectivity index (χ1v) is 25.3. The van der Waals surface area contributed by atoms with Crippen LogP contribution in [-0.4, -0.2) is 67.0 Å². The molecule has 11 atom stereocenters. The zero-order valence-corrected chi connectivity index (χ0v) is 40.2. The lowest BCUT2D eigenvalue weighted by atomic mass is 9.43. The average molecular weight is 941 g/mol. The number of halogens is 3. The summed E-state index contributed by atoms with van der Waals surface area (Å²) in [4.78, 5) is 51.5. The number of hydrogen-bond acceptors (Lipinski definition) is 10. The number of rotatable bonds is 24. The molecule has 0 radical (unpaired) electrons. The number of esters is 3. The molecule has 0 saturated heterocycles. The van der Waals surface area contributed by atoms with Crippen molar-refractivity contribution in [1.29, 1.82) is 0 Å². The highest BCUT2D eigenvalue weighted by Gasteiger charge is 2.68. The van der Waals surface area contributed by atoms with Gasteiger partial charge in [-0.3, -0.25) is 9.59 Å². The lowest BCUT2D eigenvalue weighted by Crippen LogP contribution is -2.63. The molecule has 0 spiro atoms. The number of unbranched alkanes of at least 4 members (excludes halogenated alkanes) is 9. The van der Waals surface area contributed by atoms with Crippen molar-refractivity contribution in [3.63, 3.8) is 0 Å². The molecule has 2 aromatic carbocycles. The molecular formula is C54H75F3O10. The zero-order chi connectivity index (χ0) is 48.2. The van der Waals surface area contributed by atoms with Crippen LogP contribution in [0.25, 0.3) is 0 Å². The summed E-state index contributed by atoms with van der Waals surface area (Å²) >= 11 is 0. The van der Waals surface area contributed by atoms with E-state index in [1.807, 2.05) is 44.2 Å². The Morgan fingerprint density at radius 3 is 2.21 bits per heavy atom. The summed E-state index contributed by atoms with van der Waals surface area (Å²) < 4.78 is 71.9. The van der Waals surface area contributed by atoms with Crippen LogP contribution in [0.1, 0.15) is 166 Å². The van der Waals surface area contributed by atoms with Gasteiger partial charge in [0, 0.05) is 23.3 Å². The average Bonchev–Trinajstić information content (AvgIpc) is 3.67. The highest BCUT2D eigenvalue weighted by molar-refractivity contribution is 5.77.